The van der Waals surface area contributed by atoms with E-state index in [0.29, 0.717) is 10.8 Å². The van der Waals surface area contributed by atoms with Crippen molar-refractivity contribution in [2.75, 3.05) is 26.2 Å². The Balaban J connectivity index is 1.71. The van der Waals surface area contributed by atoms with Crippen LogP contribution >= 0.6 is 23.2 Å². The van der Waals surface area contributed by atoms with Gasteiger partial charge in [-0.2, -0.15) is 0 Å². The summed E-state index contributed by atoms with van der Waals surface area (Å²) in [6.07, 6.45) is 3.44. The van der Waals surface area contributed by atoms with Gasteiger partial charge >= 0.3 is 0 Å². The van der Waals surface area contributed by atoms with Gasteiger partial charge in [-0.15, -0.1) is 0 Å². The summed E-state index contributed by atoms with van der Waals surface area (Å²) in [5, 5.41) is 1.39. The van der Waals surface area contributed by atoms with Gasteiger partial charge in [0.05, 0.1) is 17.0 Å². The van der Waals surface area contributed by atoms with Gasteiger partial charge in [0.2, 0.25) is 0 Å². The molecule has 5 heteroatoms. The number of benzene rings is 1. The van der Waals surface area contributed by atoms with Crippen molar-refractivity contribution in [3.05, 3.63) is 33.8 Å². The lowest BCUT2D eigenvalue weighted by Gasteiger charge is -2.65. The molecule has 4 bridgehead atoms. The summed E-state index contributed by atoms with van der Waals surface area (Å²) in [7, 11) is 0. The number of unbranched alkanes of at least 4 members (excludes halogenated alkanes) is 1. The van der Waals surface area contributed by atoms with Crippen molar-refractivity contribution in [2.45, 2.75) is 39.3 Å². The van der Waals surface area contributed by atoms with E-state index >= 15 is 0 Å². The quantitative estimate of drug-likeness (QED) is 0.789. The lowest BCUT2D eigenvalue weighted by atomic mass is 9.59. The predicted octanol–water partition coefficient (Wildman–Crippen LogP) is 4.39. The monoisotopic (exact) mass is 366 g/mol. The van der Waals surface area contributed by atoms with Gasteiger partial charge in [-0.05, 0) is 18.6 Å². The highest BCUT2D eigenvalue weighted by Crippen LogP contribution is 2.54. The molecule has 0 aliphatic carbocycles. The van der Waals surface area contributed by atoms with Gasteiger partial charge in [-0.1, -0.05) is 56.0 Å². The molecular formula is C19H24Cl2N2O. The Bertz CT molecular complexity index is 674. The van der Waals surface area contributed by atoms with E-state index in [1.54, 1.807) is 0 Å². The Hall–Kier alpha value is -0.610. The second-order valence-corrected chi connectivity index (χ2v) is 8.97. The number of halogens is 2. The minimum Gasteiger partial charge on any atom is -0.298 e. The van der Waals surface area contributed by atoms with Crippen molar-refractivity contribution in [3.63, 3.8) is 0 Å². The van der Waals surface area contributed by atoms with Gasteiger partial charge < -0.3 is 0 Å². The first-order chi connectivity index (χ1) is 11.4. The molecule has 1 aromatic rings. The first-order valence-corrected chi connectivity index (χ1v) is 9.62. The maximum Gasteiger partial charge on any atom is 0.150 e. The molecule has 2 unspecified atom stereocenters. The van der Waals surface area contributed by atoms with Gasteiger partial charge in [0.15, 0.2) is 0 Å². The smallest absolute Gasteiger partial charge is 0.150 e. The Labute approximate surface area is 153 Å². The van der Waals surface area contributed by atoms with Crippen LogP contribution in [0.25, 0.3) is 0 Å². The highest BCUT2D eigenvalue weighted by molar-refractivity contribution is 6.35. The molecule has 0 saturated carbocycles. The number of piperidine rings is 2. The van der Waals surface area contributed by atoms with Crippen LogP contribution < -0.4 is 0 Å². The van der Waals surface area contributed by atoms with E-state index in [-0.39, 0.29) is 17.0 Å². The van der Waals surface area contributed by atoms with Gasteiger partial charge in [0, 0.05) is 41.8 Å². The molecule has 1 aromatic carbocycles. The van der Waals surface area contributed by atoms with Gasteiger partial charge in [-0.3, -0.25) is 14.6 Å². The third kappa shape index (κ3) is 2.36. The predicted molar refractivity (Wildman–Crippen MR) is 97.4 cm³/mol. The van der Waals surface area contributed by atoms with Crippen LogP contribution in [0.4, 0.5) is 0 Å². The maximum atomic E-state index is 13.2. The molecule has 0 spiro atoms. The summed E-state index contributed by atoms with van der Waals surface area (Å²) >= 11 is 12.6. The highest BCUT2D eigenvalue weighted by Gasteiger charge is 2.63. The molecular weight excluding hydrogens is 343 g/mol. The van der Waals surface area contributed by atoms with Crippen LogP contribution in [0.2, 0.25) is 10.0 Å². The standard InChI is InChI=1S/C19H24Cl2N2O/c1-3-4-7-19-11-22-9-18(2,17(19)24)10-23(12-19)16(22)14-6-5-13(20)8-15(14)21/h5-6,8,16H,3-4,7,9-12H2,1-2H3. The number of hydrogen-bond acceptors (Lipinski definition) is 3. The first kappa shape index (κ1) is 16.8. The molecule has 0 N–H and O–H groups in total. The van der Waals surface area contributed by atoms with Crippen molar-refractivity contribution in [2.24, 2.45) is 10.8 Å². The zero-order chi connectivity index (χ0) is 17.1. The lowest BCUT2D eigenvalue weighted by Crippen LogP contribution is -2.76. The third-order valence-electron chi connectivity index (χ3n) is 6.09. The number of ketones is 1. The molecule has 4 heterocycles. The van der Waals surface area contributed by atoms with Crippen molar-refractivity contribution < 1.29 is 4.79 Å². The summed E-state index contributed by atoms with van der Waals surface area (Å²) in [6.45, 7) is 7.74. The van der Waals surface area contributed by atoms with E-state index in [1.165, 1.54) is 0 Å². The van der Waals surface area contributed by atoms with Crippen LogP contribution in [-0.2, 0) is 4.79 Å². The maximum absolute atomic E-state index is 13.2. The Morgan fingerprint density at radius 3 is 2.42 bits per heavy atom. The highest BCUT2D eigenvalue weighted by atomic mass is 35.5. The third-order valence-corrected chi connectivity index (χ3v) is 6.65. The zero-order valence-electron chi connectivity index (χ0n) is 14.3. The largest absolute Gasteiger partial charge is 0.298 e. The number of rotatable bonds is 4. The van der Waals surface area contributed by atoms with Crippen molar-refractivity contribution >= 4 is 29.0 Å². The summed E-state index contributed by atoms with van der Waals surface area (Å²) in [5.41, 5.74) is 0.692. The fourth-order valence-corrected chi connectivity index (χ4v) is 5.79. The Morgan fingerprint density at radius 1 is 1.17 bits per heavy atom. The molecule has 24 heavy (non-hydrogen) atoms. The van der Waals surface area contributed by atoms with Crippen LogP contribution in [0.1, 0.15) is 44.8 Å². The summed E-state index contributed by atoms with van der Waals surface area (Å²) in [6, 6.07) is 5.78. The van der Waals surface area contributed by atoms with Gasteiger partial charge in [0.1, 0.15) is 5.78 Å². The topological polar surface area (TPSA) is 23.6 Å². The van der Waals surface area contributed by atoms with Crippen molar-refractivity contribution in [1.82, 2.24) is 9.80 Å². The molecule has 5 rings (SSSR count). The fourth-order valence-electron chi connectivity index (χ4n) is 5.28. The minimum absolute atomic E-state index is 0.172. The van der Waals surface area contributed by atoms with Crippen molar-refractivity contribution in [3.8, 4) is 0 Å². The number of nitrogens with zero attached hydrogens (tertiary/aromatic N) is 2. The van der Waals surface area contributed by atoms with E-state index < -0.39 is 0 Å². The van der Waals surface area contributed by atoms with Crippen LogP contribution in [-0.4, -0.2) is 41.8 Å². The molecule has 0 amide bonds. The van der Waals surface area contributed by atoms with Gasteiger partial charge in [-0.25, -0.2) is 0 Å². The second kappa shape index (κ2) is 5.70. The van der Waals surface area contributed by atoms with Gasteiger partial charge in [0.25, 0.3) is 0 Å². The number of hydrogen-bond donors (Lipinski definition) is 0. The lowest BCUT2D eigenvalue weighted by molar-refractivity contribution is -0.201. The average molecular weight is 367 g/mol. The first-order valence-electron chi connectivity index (χ1n) is 8.86. The van der Waals surface area contributed by atoms with E-state index in [0.717, 1.165) is 56.0 Å². The fraction of sp³-hybridized carbons (Fsp3) is 0.632. The molecule has 4 aliphatic heterocycles. The molecule has 4 fully saturated rings. The summed E-state index contributed by atoms with van der Waals surface area (Å²) < 4.78 is 0. The second-order valence-electron chi connectivity index (χ2n) is 8.12. The van der Waals surface area contributed by atoms with E-state index in [2.05, 4.69) is 23.6 Å². The molecule has 2 atom stereocenters. The zero-order valence-corrected chi connectivity index (χ0v) is 15.8. The number of Topliss-reactive ketones (excluding diaryl/α,β-unsaturated/α-hetero) is 1. The molecule has 0 radical (unpaired) electrons. The summed E-state index contributed by atoms with van der Waals surface area (Å²) in [4.78, 5) is 18.1. The molecule has 0 aromatic heterocycles. The summed E-state index contributed by atoms with van der Waals surface area (Å²) in [5.74, 6) is 0.497. The Morgan fingerprint density at radius 2 is 1.83 bits per heavy atom. The van der Waals surface area contributed by atoms with Crippen LogP contribution in [0.3, 0.4) is 0 Å². The van der Waals surface area contributed by atoms with Crippen molar-refractivity contribution in [1.29, 1.82) is 0 Å². The Kier molecular flexibility index (Phi) is 4.00. The van der Waals surface area contributed by atoms with E-state index in [1.807, 2.05) is 18.2 Å². The minimum atomic E-state index is -0.236. The van der Waals surface area contributed by atoms with E-state index in [4.69, 9.17) is 23.2 Å². The SMILES string of the molecule is CCCCC12CN3CC(C)(CN(C1)C3c1ccc(Cl)cc1Cl)C2=O. The molecule has 4 aliphatic rings. The molecule has 130 valence electrons. The molecule has 4 saturated heterocycles. The van der Waals surface area contributed by atoms with Crippen LogP contribution in [0.5, 0.6) is 0 Å². The normalized spacial score (nSPS) is 40.3. The van der Waals surface area contributed by atoms with Crippen LogP contribution in [0, 0.1) is 10.8 Å². The number of carbonyl (C=O) groups excluding carboxylic acids is 1. The molecule has 3 nitrogen and oxygen atoms in total. The average Bonchev–Trinajstić information content (AvgIpc) is 2.51. The van der Waals surface area contributed by atoms with Crippen LogP contribution in [0.15, 0.2) is 18.2 Å². The number of carbonyl (C=O) groups is 1. The van der Waals surface area contributed by atoms with E-state index in [9.17, 15) is 4.79 Å².